The molecule has 0 unspecified atom stereocenters. The zero-order valence-electron chi connectivity index (χ0n) is 14.5. The van der Waals surface area contributed by atoms with Gasteiger partial charge in [0.05, 0.1) is 32.0 Å². The van der Waals surface area contributed by atoms with Gasteiger partial charge in [-0.3, -0.25) is 9.59 Å². The quantitative estimate of drug-likeness (QED) is 0.705. The smallest absolute Gasteiger partial charge is 0.227 e. The second-order valence-electron chi connectivity index (χ2n) is 5.96. The van der Waals surface area contributed by atoms with E-state index in [2.05, 4.69) is 5.32 Å². The van der Waals surface area contributed by atoms with E-state index in [0.29, 0.717) is 30.3 Å². The molecule has 0 radical (unpaired) electrons. The topological polar surface area (TPSA) is 75.7 Å². The van der Waals surface area contributed by atoms with E-state index in [4.69, 9.17) is 8.83 Å². The summed E-state index contributed by atoms with van der Waals surface area (Å²) in [6.45, 7) is 2.20. The number of carbonyl (C=O) groups excluding carboxylic acids is 2. The lowest BCUT2D eigenvalue weighted by molar-refractivity contribution is -0.132. The zero-order chi connectivity index (χ0) is 18.4. The van der Waals surface area contributed by atoms with Gasteiger partial charge in [-0.25, -0.2) is 0 Å². The summed E-state index contributed by atoms with van der Waals surface area (Å²) in [5, 5.41) is 2.71. The third-order valence-corrected chi connectivity index (χ3v) is 3.84. The number of benzene rings is 1. The molecule has 0 aliphatic rings. The fraction of sp³-hybridized carbons (Fsp3) is 0.200. The Kier molecular flexibility index (Phi) is 5.53. The number of nitrogens with one attached hydrogen (secondary N) is 1. The average Bonchev–Trinajstić information content (AvgIpc) is 3.29. The van der Waals surface area contributed by atoms with Crippen molar-refractivity contribution in [2.75, 3.05) is 5.32 Å². The molecule has 2 aromatic heterocycles. The van der Waals surface area contributed by atoms with Crippen LogP contribution in [0.25, 0.3) is 0 Å². The minimum Gasteiger partial charge on any atom is -0.467 e. The van der Waals surface area contributed by atoms with Crippen molar-refractivity contribution in [1.29, 1.82) is 0 Å². The maximum atomic E-state index is 12.8. The maximum absolute atomic E-state index is 12.8. The van der Waals surface area contributed by atoms with Crippen molar-refractivity contribution in [3.63, 3.8) is 0 Å². The molecule has 0 fully saturated rings. The van der Waals surface area contributed by atoms with E-state index >= 15 is 0 Å². The normalized spacial score (nSPS) is 10.5. The van der Waals surface area contributed by atoms with E-state index in [1.54, 1.807) is 41.7 Å². The molecule has 3 aromatic rings. The molecule has 0 saturated heterocycles. The van der Waals surface area contributed by atoms with E-state index in [-0.39, 0.29) is 18.2 Å². The molecule has 26 heavy (non-hydrogen) atoms. The second-order valence-corrected chi connectivity index (χ2v) is 5.96. The van der Waals surface area contributed by atoms with Crippen molar-refractivity contribution in [3.05, 3.63) is 78.1 Å². The summed E-state index contributed by atoms with van der Waals surface area (Å²) in [5.41, 5.74) is 1.57. The SMILES string of the molecule is CC(=O)Nc1ccc(CC(=O)N(Cc2ccco2)Cc2ccco2)cc1. The first-order chi connectivity index (χ1) is 12.6. The lowest BCUT2D eigenvalue weighted by atomic mass is 10.1. The third kappa shape index (κ3) is 4.86. The monoisotopic (exact) mass is 352 g/mol. The van der Waals surface area contributed by atoms with Gasteiger partial charge in [-0.05, 0) is 42.0 Å². The van der Waals surface area contributed by atoms with Crippen LogP contribution < -0.4 is 5.32 Å². The van der Waals surface area contributed by atoms with Crippen LogP contribution in [-0.2, 0) is 29.1 Å². The highest BCUT2D eigenvalue weighted by atomic mass is 16.3. The molecule has 2 amide bonds. The molecule has 1 aromatic carbocycles. The van der Waals surface area contributed by atoms with Gasteiger partial charge in [0.2, 0.25) is 11.8 Å². The first kappa shape index (κ1) is 17.5. The summed E-state index contributed by atoms with van der Waals surface area (Å²) in [4.78, 5) is 25.6. The molecule has 3 rings (SSSR count). The summed E-state index contributed by atoms with van der Waals surface area (Å²) in [6, 6.07) is 14.5. The summed E-state index contributed by atoms with van der Waals surface area (Å²) in [6.07, 6.45) is 3.43. The Labute approximate surface area is 151 Å². The van der Waals surface area contributed by atoms with Crippen molar-refractivity contribution < 1.29 is 18.4 Å². The molecule has 0 aliphatic carbocycles. The van der Waals surface area contributed by atoms with Crippen LogP contribution >= 0.6 is 0 Å². The largest absolute Gasteiger partial charge is 0.467 e. The third-order valence-electron chi connectivity index (χ3n) is 3.84. The van der Waals surface area contributed by atoms with Gasteiger partial charge in [-0.2, -0.15) is 0 Å². The van der Waals surface area contributed by atoms with Crippen molar-refractivity contribution in [3.8, 4) is 0 Å². The van der Waals surface area contributed by atoms with Crippen LogP contribution in [0.2, 0.25) is 0 Å². The van der Waals surface area contributed by atoms with E-state index in [1.165, 1.54) is 6.92 Å². The Morgan fingerprint density at radius 3 is 1.96 bits per heavy atom. The van der Waals surface area contributed by atoms with Crippen molar-refractivity contribution in [1.82, 2.24) is 4.90 Å². The van der Waals surface area contributed by atoms with Crippen molar-refractivity contribution >= 4 is 17.5 Å². The lowest BCUT2D eigenvalue weighted by Crippen LogP contribution is -2.31. The number of hydrogen-bond acceptors (Lipinski definition) is 4. The Bertz CT molecular complexity index is 800. The summed E-state index contributed by atoms with van der Waals surface area (Å²) < 4.78 is 10.7. The molecule has 0 spiro atoms. The van der Waals surface area contributed by atoms with Gasteiger partial charge in [0.1, 0.15) is 11.5 Å². The Hall–Kier alpha value is -3.28. The van der Waals surface area contributed by atoms with E-state index < -0.39 is 0 Å². The average molecular weight is 352 g/mol. The van der Waals surface area contributed by atoms with Crippen LogP contribution in [0.15, 0.2) is 69.9 Å². The van der Waals surface area contributed by atoms with Gasteiger partial charge in [-0.15, -0.1) is 0 Å². The highest BCUT2D eigenvalue weighted by Gasteiger charge is 2.17. The zero-order valence-corrected chi connectivity index (χ0v) is 14.5. The van der Waals surface area contributed by atoms with Crippen molar-refractivity contribution in [2.24, 2.45) is 0 Å². The number of rotatable bonds is 7. The standard InChI is InChI=1S/C20H20N2O4/c1-15(23)21-17-8-6-16(7-9-17)12-20(24)22(13-18-4-2-10-25-18)14-19-5-3-11-26-19/h2-11H,12-14H2,1H3,(H,21,23). The van der Waals surface area contributed by atoms with Gasteiger partial charge >= 0.3 is 0 Å². The van der Waals surface area contributed by atoms with Gasteiger partial charge in [0.25, 0.3) is 0 Å². The molecule has 0 atom stereocenters. The number of hydrogen-bond donors (Lipinski definition) is 1. The maximum Gasteiger partial charge on any atom is 0.227 e. The summed E-state index contributed by atoms with van der Waals surface area (Å²) >= 11 is 0. The minimum absolute atomic E-state index is 0.0370. The molecule has 1 N–H and O–H groups in total. The number of nitrogens with zero attached hydrogens (tertiary/aromatic N) is 1. The molecule has 2 heterocycles. The predicted octanol–water partition coefficient (Wildman–Crippen LogP) is 3.60. The summed E-state index contributed by atoms with van der Waals surface area (Å²) in [5.74, 6) is 1.26. The summed E-state index contributed by atoms with van der Waals surface area (Å²) in [7, 11) is 0. The van der Waals surface area contributed by atoms with Crippen molar-refractivity contribution in [2.45, 2.75) is 26.4 Å². The molecule has 134 valence electrons. The van der Waals surface area contributed by atoms with Gasteiger partial charge in [-0.1, -0.05) is 12.1 Å². The van der Waals surface area contributed by atoms with Crippen LogP contribution in [-0.4, -0.2) is 16.7 Å². The lowest BCUT2D eigenvalue weighted by Gasteiger charge is -2.21. The van der Waals surface area contributed by atoms with Crippen LogP contribution in [0.5, 0.6) is 0 Å². The Balaban J connectivity index is 1.68. The van der Waals surface area contributed by atoms with E-state index in [9.17, 15) is 9.59 Å². The first-order valence-electron chi connectivity index (χ1n) is 8.29. The Morgan fingerprint density at radius 1 is 0.923 bits per heavy atom. The fourth-order valence-electron chi connectivity index (χ4n) is 2.61. The molecule has 0 aliphatic heterocycles. The predicted molar refractivity (Wildman–Crippen MR) is 96.1 cm³/mol. The molecule has 6 heteroatoms. The molecular weight excluding hydrogens is 332 g/mol. The van der Waals surface area contributed by atoms with Gasteiger partial charge < -0.3 is 19.1 Å². The minimum atomic E-state index is -0.128. The van der Waals surface area contributed by atoms with E-state index in [0.717, 1.165) is 5.56 Å². The number of amides is 2. The molecule has 0 bridgehead atoms. The molecule has 6 nitrogen and oxygen atoms in total. The van der Waals surface area contributed by atoms with E-state index in [1.807, 2.05) is 24.3 Å². The van der Waals surface area contributed by atoms with Crippen LogP contribution in [0.1, 0.15) is 24.0 Å². The fourth-order valence-corrected chi connectivity index (χ4v) is 2.61. The van der Waals surface area contributed by atoms with Crippen LogP contribution in [0.4, 0.5) is 5.69 Å². The number of carbonyl (C=O) groups is 2. The number of anilines is 1. The van der Waals surface area contributed by atoms with Gasteiger partial charge in [0, 0.05) is 12.6 Å². The highest BCUT2D eigenvalue weighted by Crippen LogP contribution is 2.15. The molecular formula is C20H20N2O4. The first-order valence-corrected chi connectivity index (χ1v) is 8.29. The second kappa shape index (κ2) is 8.20. The van der Waals surface area contributed by atoms with Gasteiger partial charge in [0.15, 0.2) is 0 Å². The van der Waals surface area contributed by atoms with Crippen LogP contribution in [0.3, 0.4) is 0 Å². The molecule has 0 saturated carbocycles. The Morgan fingerprint density at radius 2 is 1.50 bits per heavy atom. The number of furan rings is 2. The highest BCUT2D eigenvalue weighted by molar-refractivity contribution is 5.88. The van der Waals surface area contributed by atoms with Crippen LogP contribution in [0, 0.1) is 0 Å².